The van der Waals surface area contributed by atoms with Gasteiger partial charge in [0.05, 0.1) is 13.1 Å². The van der Waals surface area contributed by atoms with E-state index in [0.29, 0.717) is 23.9 Å². The van der Waals surface area contributed by atoms with Crippen molar-refractivity contribution in [3.05, 3.63) is 12.2 Å². The SMILES string of the molecule is CCC/C=C/CC(O)C[N+](CCCCC)(CCCCC)C(CC)C(=O)O. The summed E-state index contributed by atoms with van der Waals surface area (Å²) < 4.78 is 0.536. The Morgan fingerprint density at radius 2 is 1.50 bits per heavy atom. The molecular weight excluding hydrogens is 326 g/mol. The lowest BCUT2D eigenvalue weighted by atomic mass is 10.0. The minimum atomic E-state index is -0.714. The Balaban J connectivity index is 5.33. The molecule has 4 nitrogen and oxygen atoms in total. The molecule has 0 saturated heterocycles. The third-order valence-corrected chi connectivity index (χ3v) is 5.35. The fraction of sp³-hybridized carbons (Fsp3) is 0.864. The predicted molar refractivity (Wildman–Crippen MR) is 110 cm³/mol. The van der Waals surface area contributed by atoms with E-state index in [1.807, 2.05) is 6.92 Å². The number of carboxylic acid groups (broad SMARTS) is 1. The number of carbonyl (C=O) groups is 1. The molecule has 154 valence electrons. The number of unbranched alkanes of at least 4 members (excludes halogenated alkanes) is 5. The predicted octanol–water partition coefficient (Wildman–Crippen LogP) is 5.15. The molecule has 4 heteroatoms. The van der Waals surface area contributed by atoms with Crippen molar-refractivity contribution in [1.82, 2.24) is 0 Å². The fourth-order valence-electron chi connectivity index (χ4n) is 3.91. The van der Waals surface area contributed by atoms with Gasteiger partial charge < -0.3 is 14.7 Å². The molecule has 0 fully saturated rings. The van der Waals surface area contributed by atoms with Crippen LogP contribution in [0.15, 0.2) is 12.2 Å². The molecule has 0 aliphatic heterocycles. The summed E-state index contributed by atoms with van der Waals surface area (Å²) in [6, 6.07) is -0.419. The lowest BCUT2D eigenvalue weighted by Gasteiger charge is -2.44. The first-order valence-electron chi connectivity index (χ1n) is 10.9. The van der Waals surface area contributed by atoms with Gasteiger partial charge >= 0.3 is 5.97 Å². The lowest BCUT2D eigenvalue weighted by molar-refractivity contribution is -0.946. The van der Waals surface area contributed by atoms with Gasteiger partial charge in [-0.2, -0.15) is 0 Å². The van der Waals surface area contributed by atoms with Crippen molar-refractivity contribution in [2.75, 3.05) is 19.6 Å². The first kappa shape index (κ1) is 25.1. The van der Waals surface area contributed by atoms with Crippen molar-refractivity contribution in [3.63, 3.8) is 0 Å². The summed E-state index contributed by atoms with van der Waals surface area (Å²) in [6.45, 7) is 10.7. The van der Waals surface area contributed by atoms with Gasteiger partial charge in [0, 0.05) is 6.42 Å². The summed E-state index contributed by atoms with van der Waals surface area (Å²) in [6.07, 6.45) is 13.7. The van der Waals surface area contributed by atoms with Crippen molar-refractivity contribution in [1.29, 1.82) is 0 Å². The largest absolute Gasteiger partial charge is 0.477 e. The average molecular weight is 371 g/mol. The van der Waals surface area contributed by atoms with E-state index in [1.165, 1.54) is 0 Å². The molecule has 0 aliphatic carbocycles. The van der Waals surface area contributed by atoms with Crippen molar-refractivity contribution in [2.45, 2.75) is 104 Å². The molecule has 0 aliphatic rings. The van der Waals surface area contributed by atoms with E-state index in [9.17, 15) is 15.0 Å². The zero-order valence-electron chi connectivity index (χ0n) is 17.8. The van der Waals surface area contributed by atoms with Gasteiger partial charge in [0.15, 0.2) is 6.04 Å². The maximum atomic E-state index is 12.0. The Bertz CT molecular complexity index is 372. The molecule has 0 aromatic heterocycles. The average Bonchev–Trinajstić information content (AvgIpc) is 2.59. The third kappa shape index (κ3) is 9.72. The molecule has 0 saturated carbocycles. The maximum absolute atomic E-state index is 12.0. The molecular formula is C22H44NO3+. The van der Waals surface area contributed by atoms with Crippen LogP contribution in [0, 0.1) is 0 Å². The van der Waals surface area contributed by atoms with Gasteiger partial charge in [-0.25, -0.2) is 4.79 Å². The molecule has 0 heterocycles. The van der Waals surface area contributed by atoms with Crippen LogP contribution in [-0.2, 0) is 4.79 Å². The van der Waals surface area contributed by atoms with Crippen molar-refractivity contribution in [3.8, 4) is 0 Å². The summed E-state index contributed by atoms with van der Waals surface area (Å²) in [5, 5.41) is 20.5. The normalized spacial score (nSPS) is 14.7. The molecule has 0 aromatic carbocycles. The molecule has 2 unspecified atom stereocenters. The Morgan fingerprint density at radius 3 is 1.92 bits per heavy atom. The fourth-order valence-corrected chi connectivity index (χ4v) is 3.91. The van der Waals surface area contributed by atoms with E-state index < -0.39 is 18.1 Å². The highest BCUT2D eigenvalue weighted by molar-refractivity contribution is 5.72. The van der Waals surface area contributed by atoms with Crippen molar-refractivity contribution < 1.29 is 19.5 Å². The van der Waals surface area contributed by atoms with Crippen molar-refractivity contribution in [2.24, 2.45) is 0 Å². The molecule has 0 amide bonds. The van der Waals surface area contributed by atoms with Gasteiger partial charge in [-0.3, -0.25) is 0 Å². The van der Waals surface area contributed by atoms with Crippen LogP contribution in [0.4, 0.5) is 0 Å². The second-order valence-corrected chi connectivity index (χ2v) is 7.67. The molecule has 2 N–H and O–H groups in total. The molecule has 0 radical (unpaired) electrons. The van der Waals surface area contributed by atoms with E-state index in [1.54, 1.807) is 0 Å². The van der Waals surface area contributed by atoms with Gasteiger partial charge in [-0.15, -0.1) is 0 Å². The van der Waals surface area contributed by atoms with Crippen molar-refractivity contribution >= 4 is 5.97 Å². The molecule has 26 heavy (non-hydrogen) atoms. The molecule has 0 bridgehead atoms. The summed E-state index contributed by atoms with van der Waals surface area (Å²) in [5.74, 6) is -0.714. The van der Waals surface area contributed by atoms with Gasteiger partial charge in [0.1, 0.15) is 12.6 Å². The number of hydrogen-bond donors (Lipinski definition) is 2. The number of aliphatic hydroxyl groups is 1. The smallest absolute Gasteiger partial charge is 0.362 e. The highest BCUT2D eigenvalue weighted by Crippen LogP contribution is 2.23. The maximum Gasteiger partial charge on any atom is 0.362 e. The van der Waals surface area contributed by atoms with E-state index in [4.69, 9.17) is 0 Å². The highest BCUT2D eigenvalue weighted by Gasteiger charge is 2.41. The second-order valence-electron chi connectivity index (χ2n) is 7.67. The van der Waals surface area contributed by atoms with Crippen LogP contribution in [0.25, 0.3) is 0 Å². The van der Waals surface area contributed by atoms with Crippen LogP contribution in [0.3, 0.4) is 0 Å². The van der Waals surface area contributed by atoms with Gasteiger partial charge in [-0.1, -0.05) is 59.1 Å². The summed E-state index contributed by atoms with van der Waals surface area (Å²) in [7, 11) is 0. The second kappa shape index (κ2) is 15.2. The number of aliphatic carboxylic acids is 1. The van der Waals surface area contributed by atoms with E-state index in [0.717, 1.165) is 64.5 Å². The van der Waals surface area contributed by atoms with Crippen LogP contribution in [-0.4, -0.2) is 52.4 Å². The Hall–Kier alpha value is -0.870. The third-order valence-electron chi connectivity index (χ3n) is 5.35. The number of hydrogen-bond acceptors (Lipinski definition) is 2. The zero-order valence-corrected chi connectivity index (χ0v) is 17.8. The summed E-state index contributed by atoms with van der Waals surface area (Å²) in [4.78, 5) is 12.0. The topological polar surface area (TPSA) is 57.5 Å². The Labute approximate surface area is 161 Å². The number of aliphatic hydroxyl groups excluding tert-OH is 1. The summed E-state index contributed by atoms with van der Waals surface area (Å²) >= 11 is 0. The lowest BCUT2D eigenvalue weighted by Crippen LogP contribution is -2.62. The zero-order chi connectivity index (χ0) is 19.8. The highest BCUT2D eigenvalue weighted by atomic mass is 16.4. The number of allylic oxidation sites excluding steroid dienone is 1. The Kier molecular flexibility index (Phi) is 14.7. The molecule has 0 spiro atoms. The van der Waals surface area contributed by atoms with Gasteiger partial charge in [0.25, 0.3) is 0 Å². The number of carboxylic acids is 1. The first-order valence-corrected chi connectivity index (χ1v) is 10.9. The monoisotopic (exact) mass is 370 g/mol. The van der Waals surface area contributed by atoms with Gasteiger partial charge in [-0.05, 0) is 38.5 Å². The first-order chi connectivity index (χ1) is 12.5. The molecule has 0 aromatic rings. The van der Waals surface area contributed by atoms with Crippen LogP contribution in [0.2, 0.25) is 0 Å². The van der Waals surface area contributed by atoms with Crippen LogP contribution >= 0.6 is 0 Å². The Morgan fingerprint density at radius 1 is 0.923 bits per heavy atom. The summed E-state index contributed by atoms with van der Waals surface area (Å²) in [5.41, 5.74) is 0. The van der Waals surface area contributed by atoms with Crippen LogP contribution in [0.5, 0.6) is 0 Å². The van der Waals surface area contributed by atoms with E-state index in [2.05, 4.69) is 32.9 Å². The standard InChI is InChI=1S/C22H43NO3/c1-5-9-12-13-16-20(24)19-23(17-14-10-6-2,18-15-11-7-3)21(8-4)22(25)26/h12-13,20-21,24H,5-11,14-19H2,1-4H3/p+1/b13-12+. The number of quaternary nitrogens is 1. The van der Waals surface area contributed by atoms with Crippen LogP contribution in [0.1, 0.15) is 91.9 Å². The van der Waals surface area contributed by atoms with E-state index >= 15 is 0 Å². The molecule has 2 atom stereocenters. The van der Waals surface area contributed by atoms with E-state index in [-0.39, 0.29) is 0 Å². The van der Waals surface area contributed by atoms with Gasteiger partial charge in [0.2, 0.25) is 0 Å². The number of rotatable bonds is 17. The quantitative estimate of drug-likeness (QED) is 0.211. The molecule has 0 rings (SSSR count). The van der Waals surface area contributed by atoms with Crippen LogP contribution < -0.4 is 0 Å². The minimum Gasteiger partial charge on any atom is -0.477 e. The minimum absolute atomic E-state index is 0.419. The number of nitrogens with zero attached hydrogens (tertiary/aromatic N) is 1.